The average Bonchev–Trinajstić information content (AvgIpc) is 0.811. The first-order valence-electron chi connectivity index (χ1n) is 0.954. The first-order chi connectivity index (χ1) is 1.73. The fourth-order valence-electron chi connectivity index (χ4n) is 0. The molecule has 0 heterocycles. The van der Waals surface area contributed by atoms with Crippen LogP contribution in [-0.4, -0.2) is 5.91 Å². The molecular formula is C2H4AuNO. The first-order valence-corrected chi connectivity index (χ1v) is 0.954. The fourth-order valence-corrected chi connectivity index (χ4v) is 0. The maximum absolute atomic E-state index is 9.11. The zero-order chi connectivity index (χ0) is 3.58. The van der Waals surface area contributed by atoms with Gasteiger partial charge in [-0.1, -0.05) is 0 Å². The normalized spacial score (nSPS) is 5.00. The van der Waals surface area contributed by atoms with Crippen molar-refractivity contribution in [2.24, 2.45) is 0 Å². The van der Waals surface area contributed by atoms with Crippen LogP contribution in [0.25, 0.3) is 5.73 Å². The van der Waals surface area contributed by atoms with Gasteiger partial charge in [0.05, 0.1) is 0 Å². The van der Waals surface area contributed by atoms with Gasteiger partial charge < -0.3 is 10.5 Å². The Morgan fingerprint density at radius 2 is 1.80 bits per heavy atom. The Morgan fingerprint density at radius 3 is 1.80 bits per heavy atom. The largest absolute Gasteiger partial charge is 1.00 e. The molecule has 0 fully saturated rings. The Morgan fingerprint density at radius 1 is 1.80 bits per heavy atom. The van der Waals surface area contributed by atoms with E-state index in [1.54, 1.807) is 0 Å². The van der Waals surface area contributed by atoms with Crippen molar-refractivity contribution in [1.29, 1.82) is 0 Å². The van der Waals surface area contributed by atoms with Crippen LogP contribution in [0.4, 0.5) is 0 Å². The van der Waals surface area contributed by atoms with Crippen molar-refractivity contribution >= 4 is 5.91 Å². The van der Waals surface area contributed by atoms with E-state index < -0.39 is 5.91 Å². The predicted molar refractivity (Wildman–Crippen MR) is 15.0 cm³/mol. The molecule has 0 saturated heterocycles. The van der Waals surface area contributed by atoms with Crippen LogP contribution in [-0.2, 0) is 27.2 Å². The molecule has 0 aliphatic carbocycles. The van der Waals surface area contributed by atoms with E-state index in [0.29, 0.717) is 0 Å². The van der Waals surface area contributed by atoms with Gasteiger partial charge in [0.2, 0.25) is 0 Å². The Kier molecular flexibility index (Phi) is 7.55. The molecule has 0 unspecified atom stereocenters. The van der Waals surface area contributed by atoms with Crippen LogP contribution in [0.1, 0.15) is 6.92 Å². The van der Waals surface area contributed by atoms with Crippen molar-refractivity contribution in [2.75, 3.05) is 0 Å². The number of amides is 1. The van der Waals surface area contributed by atoms with Gasteiger partial charge in [-0.05, 0) is 6.92 Å². The van der Waals surface area contributed by atoms with Crippen LogP contribution >= 0.6 is 0 Å². The summed E-state index contributed by atoms with van der Waals surface area (Å²) in [6, 6.07) is 0. The van der Waals surface area contributed by atoms with Gasteiger partial charge in [-0.25, -0.2) is 0 Å². The number of carbonyl (C=O) groups excluding carboxylic acids is 1. The number of rotatable bonds is 0. The SMILES string of the molecule is CC([NH-])=O.[Au+]. The van der Waals surface area contributed by atoms with Crippen molar-refractivity contribution in [3.63, 3.8) is 0 Å². The number of carbonyl (C=O) groups is 1. The fraction of sp³-hybridized carbons (Fsp3) is 0.500. The van der Waals surface area contributed by atoms with E-state index in [1.165, 1.54) is 6.92 Å². The summed E-state index contributed by atoms with van der Waals surface area (Å²) in [4.78, 5) is 9.11. The third-order valence-corrected chi connectivity index (χ3v) is 0. The van der Waals surface area contributed by atoms with Gasteiger partial charge in [0.15, 0.2) is 0 Å². The van der Waals surface area contributed by atoms with Crippen LogP contribution in [0.15, 0.2) is 0 Å². The summed E-state index contributed by atoms with van der Waals surface area (Å²) in [5.74, 6) is -0.583. The third-order valence-electron chi connectivity index (χ3n) is 0. The van der Waals surface area contributed by atoms with Crippen molar-refractivity contribution in [3.8, 4) is 0 Å². The molecule has 2 nitrogen and oxygen atoms in total. The van der Waals surface area contributed by atoms with E-state index in [0.717, 1.165) is 0 Å². The number of nitrogens with one attached hydrogen (secondary N) is 1. The summed E-state index contributed by atoms with van der Waals surface area (Å²) in [6.07, 6.45) is 0. The van der Waals surface area contributed by atoms with Gasteiger partial charge in [0.25, 0.3) is 0 Å². The molecule has 0 radical (unpaired) electrons. The summed E-state index contributed by atoms with van der Waals surface area (Å²) in [5.41, 5.74) is 5.94. The second kappa shape index (κ2) is 4.21. The number of hydrogen-bond acceptors (Lipinski definition) is 1. The smallest absolute Gasteiger partial charge is 0.668 e. The second-order valence-electron chi connectivity index (χ2n) is 0.556. The van der Waals surface area contributed by atoms with E-state index >= 15 is 0 Å². The number of hydrogen-bond donors (Lipinski definition) is 0. The van der Waals surface area contributed by atoms with Gasteiger partial charge in [0.1, 0.15) is 0 Å². The van der Waals surface area contributed by atoms with E-state index in [-0.39, 0.29) is 22.4 Å². The Hall–Kier alpha value is 0.210. The molecule has 0 bridgehead atoms. The second-order valence-corrected chi connectivity index (χ2v) is 0.556. The topological polar surface area (TPSA) is 40.9 Å². The molecule has 0 aliphatic rings. The van der Waals surface area contributed by atoms with Gasteiger partial charge >= 0.3 is 22.4 Å². The molecule has 0 aliphatic heterocycles. The Bertz CT molecular complexity index is 32.6. The summed E-state index contributed by atoms with van der Waals surface area (Å²) in [7, 11) is 0. The van der Waals surface area contributed by atoms with E-state index in [4.69, 9.17) is 10.5 Å². The van der Waals surface area contributed by atoms with Crippen LogP contribution in [0.2, 0.25) is 0 Å². The summed E-state index contributed by atoms with van der Waals surface area (Å²) in [5, 5.41) is 0. The first kappa shape index (κ1) is 8.96. The predicted octanol–water partition coefficient (Wildman–Crippen LogP) is 0.583. The minimum atomic E-state index is -0.583. The molecule has 1 amide bonds. The standard InChI is InChI=1S/C2H5NO.Au/c1-2(3)4;/h1H3,(H2,3,4);/q;+1/p-1. The Balaban J connectivity index is 0. The van der Waals surface area contributed by atoms with Gasteiger partial charge in [-0.3, -0.25) is 0 Å². The molecule has 0 saturated carbocycles. The van der Waals surface area contributed by atoms with E-state index in [9.17, 15) is 0 Å². The minimum absolute atomic E-state index is 0. The molecule has 0 spiro atoms. The maximum Gasteiger partial charge on any atom is 1.00 e. The van der Waals surface area contributed by atoms with Gasteiger partial charge in [0, 0.05) is 5.91 Å². The van der Waals surface area contributed by atoms with E-state index in [1.807, 2.05) is 0 Å². The molecule has 34 valence electrons. The van der Waals surface area contributed by atoms with Crippen molar-refractivity contribution in [1.82, 2.24) is 0 Å². The van der Waals surface area contributed by atoms with Gasteiger partial charge in [-0.15, -0.1) is 0 Å². The van der Waals surface area contributed by atoms with Crippen molar-refractivity contribution in [3.05, 3.63) is 5.73 Å². The summed E-state index contributed by atoms with van der Waals surface area (Å²) < 4.78 is 0. The zero-order valence-electron chi connectivity index (χ0n) is 2.71. The minimum Gasteiger partial charge on any atom is -0.668 e. The third kappa shape index (κ3) is 465. The summed E-state index contributed by atoms with van der Waals surface area (Å²) >= 11 is 0. The molecule has 0 atom stereocenters. The summed E-state index contributed by atoms with van der Waals surface area (Å²) in [6.45, 7) is 1.19. The molecular weight excluding hydrogens is 251 g/mol. The molecule has 5 heavy (non-hydrogen) atoms. The monoisotopic (exact) mass is 255 g/mol. The van der Waals surface area contributed by atoms with Crippen LogP contribution in [0, 0.1) is 0 Å². The molecule has 0 aromatic rings. The van der Waals surface area contributed by atoms with Gasteiger partial charge in [-0.2, -0.15) is 0 Å². The Labute approximate surface area is 46.2 Å². The van der Waals surface area contributed by atoms with Crippen molar-refractivity contribution < 1.29 is 27.2 Å². The molecule has 0 rings (SSSR count). The van der Waals surface area contributed by atoms with Crippen LogP contribution in [0.3, 0.4) is 0 Å². The zero-order valence-corrected chi connectivity index (χ0v) is 4.88. The molecule has 3 heteroatoms. The molecule has 0 aromatic carbocycles. The van der Waals surface area contributed by atoms with E-state index in [2.05, 4.69) is 0 Å². The van der Waals surface area contributed by atoms with Crippen LogP contribution in [0.5, 0.6) is 0 Å². The average molecular weight is 255 g/mol. The molecule has 1 N–H and O–H groups in total. The quantitative estimate of drug-likeness (QED) is 0.584. The van der Waals surface area contributed by atoms with Crippen molar-refractivity contribution in [2.45, 2.75) is 6.92 Å². The molecule has 0 aromatic heterocycles. The van der Waals surface area contributed by atoms with Crippen LogP contribution < -0.4 is 0 Å². The maximum atomic E-state index is 9.11.